The van der Waals surface area contributed by atoms with Crippen LogP contribution in [0.25, 0.3) is 0 Å². The van der Waals surface area contributed by atoms with Gasteiger partial charge in [0.2, 0.25) is 5.91 Å². The zero-order valence-corrected chi connectivity index (χ0v) is 14.5. The van der Waals surface area contributed by atoms with E-state index >= 15 is 0 Å². The van der Waals surface area contributed by atoms with Gasteiger partial charge in [-0.3, -0.25) is 9.00 Å². The average Bonchev–Trinajstić information content (AvgIpc) is 2.99. The van der Waals surface area contributed by atoms with Gasteiger partial charge in [-0.2, -0.15) is 5.10 Å². The summed E-state index contributed by atoms with van der Waals surface area (Å²) in [5, 5.41) is 8.62. The summed E-state index contributed by atoms with van der Waals surface area (Å²) in [6.07, 6.45) is 1.13. The molecular formula is C16H13ClN2O2S2. The van der Waals surface area contributed by atoms with E-state index in [0.29, 0.717) is 22.9 Å². The van der Waals surface area contributed by atoms with Crippen LogP contribution in [0.4, 0.5) is 5.69 Å². The molecule has 7 heteroatoms. The number of benzene rings is 1. The van der Waals surface area contributed by atoms with Crippen molar-refractivity contribution in [2.24, 2.45) is 11.0 Å². The summed E-state index contributed by atoms with van der Waals surface area (Å²) in [4.78, 5) is 12.5. The predicted molar refractivity (Wildman–Crippen MR) is 93.8 cm³/mol. The Kier molecular flexibility index (Phi) is 3.83. The molecule has 0 fully saturated rings. The smallest absolute Gasteiger partial charge is 0.248 e. The number of thiophene rings is 1. The molecule has 1 aromatic carbocycles. The van der Waals surface area contributed by atoms with E-state index in [-0.39, 0.29) is 11.8 Å². The van der Waals surface area contributed by atoms with Gasteiger partial charge < -0.3 is 0 Å². The zero-order valence-electron chi connectivity index (χ0n) is 12.1. The van der Waals surface area contributed by atoms with Gasteiger partial charge in [-0.25, -0.2) is 5.01 Å². The minimum absolute atomic E-state index is 0.0365. The van der Waals surface area contributed by atoms with Crippen molar-refractivity contribution in [1.29, 1.82) is 0 Å². The second-order valence-corrected chi connectivity index (χ2v) is 8.65. The molecule has 4 rings (SSSR count). The van der Waals surface area contributed by atoms with E-state index in [9.17, 15) is 9.00 Å². The minimum Gasteiger partial charge on any atom is -0.273 e. The summed E-state index contributed by atoms with van der Waals surface area (Å²) in [5.74, 6) is 0.599. The molecule has 1 aromatic heterocycles. The number of halogens is 1. The summed E-state index contributed by atoms with van der Waals surface area (Å²) in [7, 11) is -0.998. The zero-order chi connectivity index (χ0) is 16.0. The first kappa shape index (κ1) is 15.1. The largest absolute Gasteiger partial charge is 0.273 e. The maximum atomic E-state index is 12.5. The van der Waals surface area contributed by atoms with E-state index in [4.69, 9.17) is 11.6 Å². The average molecular weight is 365 g/mol. The van der Waals surface area contributed by atoms with Crippen LogP contribution >= 0.6 is 22.9 Å². The van der Waals surface area contributed by atoms with Crippen molar-refractivity contribution < 1.29 is 9.00 Å². The lowest BCUT2D eigenvalue weighted by molar-refractivity contribution is -0.119. The number of carbonyl (C=O) groups excluding carboxylic acids is 1. The molecule has 2 atom stereocenters. The first-order valence-corrected chi connectivity index (χ1v) is 9.84. The van der Waals surface area contributed by atoms with Gasteiger partial charge in [0.05, 0.1) is 22.2 Å². The standard InChI is InChI=1S/C16H13ClN2O2S2/c17-11-1-3-12(4-2-11)19-14(20)9-10-6-8-23(21)16-13(5-7-22-16)15(10)18-19/h1-5,7,10H,6,8-9H2. The summed E-state index contributed by atoms with van der Waals surface area (Å²) < 4.78 is 13.2. The van der Waals surface area contributed by atoms with Crippen LogP contribution in [0.15, 0.2) is 45.0 Å². The van der Waals surface area contributed by atoms with Gasteiger partial charge in [-0.05, 0) is 42.1 Å². The molecule has 4 nitrogen and oxygen atoms in total. The third-order valence-corrected chi connectivity index (χ3v) is 7.13. The molecule has 0 N–H and O–H groups in total. The Morgan fingerprint density at radius 1 is 1.26 bits per heavy atom. The van der Waals surface area contributed by atoms with Gasteiger partial charge in [0.1, 0.15) is 4.21 Å². The molecule has 2 aromatic rings. The summed E-state index contributed by atoms with van der Waals surface area (Å²) in [6.45, 7) is 0. The van der Waals surface area contributed by atoms with E-state index in [1.54, 1.807) is 24.3 Å². The van der Waals surface area contributed by atoms with Crippen LogP contribution in [0.1, 0.15) is 18.4 Å². The molecule has 0 saturated heterocycles. The van der Waals surface area contributed by atoms with Crippen molar-refractivity contribution in [3.05, 3.63) is 46.3 Å². The first-order valence-electron chi connectivity index (χ1n) is 7.27. The van der Waals surface area contributed by atoms with Gasteiger partial charge >= 0.3 is 0 Å². The van der Waals surface area contributed by atoms with Crippen molar-refractivity contribution in [2.75, 3.05) is 10.8 Å². The lowest BCUT2D eigenvalue weighted by Crippen LogP contribution is -2.37. The summed E-state index contributed by atoms with van der Waals surface area (Å²) in [5.41, 5.74) is 2.51. The molecule has 0 bridgehead atoms. The molecule has 0 aliphatic carbocycles. The first-order chi connectivity index (χ1) is 11.1. The van der Waals surface area contributed by atoms with Crippen LogP contribution in [0.5, 0.6) is 0 Å². The summed E-state index contributed by atoms with van der Waals surface area (Å²) in [6, 6.07) is 9.02. The van der Waals surface area contributed by atoms with Crippen molar-refractivity contribution in [1.82, 2.24) is 0 Å². The van der Waals surface area contributed by atoms with E-state index in [1.165, 1.54) is 16.3 Å². The van der Waals surface area contributed by atoms with Crippen LogP contribution < -0.4 is 5.01 Å². The maximum absolute atomic E-state index is 12.5. The minimum atomic E-state index is -0.998. The molecule has 0 saturated carbocycles. The number of hydrogen-bond acceptors (Lipinski definition) is 4. The second-order valence-electron chi connectivity index (χ2n) is 5.53. The van der Waals surface area contributed by atoms with Gasteiger partial charge in [-0.15, -0.1) is 11.3 Å². The summed E-state index contributed by atoms with van der Waals surface area (Å²) >= 11 is 7.42. The Bertz CT molecular complexity index is 829. The van der Waals surface area contributed by atoms with Crippen molar-refractivity contribution in [2.45, 2.75) is 17.1 Å². The Labute approximate surface area is 145 Å². The second kappa shape index (κ2) is 5.85. The van der Waals surface area contributed by atoms with Crippen LogP contribution in [-0.2, 0) is 15.6 Å². The normalized spacial score (nSPS) is 23.8. The highest BCUT2D eigenvalue weighted by molar-refractivity contribution is 7.87. The quantitative estimate of drug-likeness (QED) is 0.775. The van der Waals surface area contributed by atoms with Crippen LogP contribution in [0, 0.1) is 5.92 Å². The van der Waals surface area contributed by atoms with Crippen LogP contribution in [0.2, 0.25) is 5.02 Å². The molecule has 0 spiro atoms. The fraction of sp³-hybridized carbons (Fsp3) is 0.250. The molecule has 23 heavy (non-hydrogen) atoms. The number of carbonyl (C=O) groups is 1. The van der Waals surface area contributed by atoms with Crippen molar-refractivity contribution in [3.8, 4) is 0 Å². The molecular weight excluding hydrogens is 352 g/mol. The molecule has 118 valence electrons. The van der Waals surface area contributed by atoms with Crippen molar-refractivity contribution in [3.63, 3.8) is 0 Å². The highest BCUT2D eigenvalue weighted by Gasteiger charge is 2.35. The number of nitrogens with zero attached hydrogens (tertiary/aromatic N) is 2. The van der Waals surface area contributed by atoms with Gasteiger partial charge in [0.15, 0.2) is 0 Å². The highest BCUT2D eigenvalue weighted by atomic mass is 35.5. The van der Waals surface area contributed by atoms with E-state index in [0.717, 1.165) is 21.9 Å². The Morgan fingerprint density at radius 3 is 2.83 bits per heavy atom. The number of rotatable bonds is 1. The molecule has 2 aliphatic rings. The highest BCUT2D eigenvalue weighted by Crippen LogP contribution is 2.35. The third kappa shape index (κ3) is 2.65. The number of amides is 1. The van der Waals surface area contributed by atoms with Crippen molar-refractivity contribution >= 4 is 51.0 Å². The number of fused-ring (bicyclic) bond motifs is 3. The van der Waals surface area contributed by atoms with Gasteiger partial charge in [-0.1, -0.05) is 11.6 Å². The maximum Gasteiger partial charge on any atom is 0.248 e. The van der Waals surface area contributed by atoms with E-state index in [2.05, 4.69) is 5.10 Å². The monoisotopic (exact) mass is 364 g/mol. The Morgan fingerprint density at radius 2 is 2.04 bits per heavy atom. The topological polar surface area (TPSA) is 49.7 Å². The number of hydrogen-bond donors (Lipinski definition) is 0. The van der Waals surface area contributed by atoms with Crippen LogP contribution in [-0.4, -0.2) is 21.6 Å². The van der Waals surface area contributed by atoms with E-state index < -0.39 is 10.8 Å². The molecule has 0 radical (unpaired) electrons. The lowest BCUT2D eigenvalue weighted by Gasteiger charge is -2.28. The molecule has 2 unspecified atom stereocenters. The Hall–Kier alpha value is -1.50. The molecule has 1 amide bonds. The van der Waals surface area contributed by atoms with Gasteiger partial charge in [0, 0.05) is 28.7 Å². The molecule has 2 aliphatic heterocycles. The van der Waals surface area contributed by atoms with Crippen LogP contribution in [0.3, 0.4) is 0 Å². The lowest BCUT2D eigenvalue weighted by atomic mass is 9.91. The fourth-order valence-corrected chi connectivity index (χ4v) is 5.64. The number of anilines is 1. The molecule has 3 heterocycles. The Balaban J connectivity index is 1.82. The SMILES string of the molecule is O=C1CC2CCS(=O)c3sccc3C2=NN1c1ccc(Cl)cc1. The van der Waals surface area contributed by atoms with E-state index in [1.807, 2.05) is 11.4 Å². The van der Waals surface area contributed by atoms with Gasteiger partial charge in [0.25, 0.3) is 0 Å². The third-order valence-electron chi connectivity index (χ3n) is 4.09. The fourth-order valence-electron chi connectivity index (χ4n) is 2.94. The predicted octanol–water partition coefficient (Wildman–Crippen LogP) is 3.67. The number of hydrazone groups is 1.